The molecule has 1 fully saturated rings. The van der Waals surface area contributed by atoms with Crippen molar-refractivity contribution in [3.63, 3.8) is 0 Å². The summed E-state index contributed by atoms with van der Waals surface area (Å²) in [6.07, 6.45) is 6.57. The lowest BCUT2D eigenvalue weighted by molar-refractivity contribution is 0.0280. The van der Waals surface area contributed by atoms with Gasteiger partial charge in [0.15, 0.2) is 5.03 Å². The topological polar surface area (TPSA) is 102 Å². The zero-order valence-electron chi connectivity index (χ0n) is 13.8. The number of nitrogens with zero attached hydrogens (tertiary/aromatic N) is 4. The summed E-state index contributed by atoms with van der Waals surface area (Å²) in [5.74, 6) is 0.0570. The van der Waals surface area contributed by atoms with Crippen LogP contribution >= 0.6 is 0 Å². The fourth-order valence-electron chi connectivity index (χ4n) is 3.10. The van der Waals surface area contributed by atoms with Gasteiger partial charge in [0.05, 0.1) is 24.5 Å². The molecule has 9 heteroatoms. The first-order chi connectivity index (χ1) is 11.4. The van der Waals surface area contributed by atoms with Crippen LogP contribution < -0.4 is 4.72 Å². The first-order valence-corrected chi connectivity index (χ1v) is 9.59. The quantitative estimate of drug-likeness (QED) is 0.767. The summed E-state index contributed by atoms with van der Waals surface area (Å²) >= 11 is 0. The Hall–Kier alpha value is -1.71. The minimum atomic E-state index is -3.71. The molecule has 0 radical (unpaired) electrons. The smallest absolute Gasteiger partial charge is 0.258 e. The van der Waals surface area contributed by atoms with E-state index in [0.717, 1.165) is 12.0 Å². The molecule has 0 aliphatic heterocycles. The van der Waals surface area contributed by atoms with Crippen LogP contribution in [-0.4, -0.2) is 39.2 Å². The van der Waals surface area contributed by atoms with Crippen molar-refractivity contribution in [3.8, 4) is 0 Å². The van der Waals surface area contributed by atoms with Gasteiger partial charge in [-0.1, -0.05) is 6.92 Å². The van der Waals surface area contributed by atoms with E-state index in [1.54, 1.807) is 24.1 Å². The van der Waals surface area contributed by atoms with Crippen LogP contribution in [0.4, 0.5) is 0 Å². The fraction of sp³-hybridized carbons (Fsp3) is 0.600. The standard InChI is InChI=1S/C15H23N5O3S/c1-3-6-20-14(4-5-16-20)24(22,23)18-15(11-7-13(21)8-11)12-9-17-19(2)10-12/h4-5,9-11,13,15,18,21H,3,6-8H2,1-2H3/t11?,13?,15-/m0/s1. The van der Waals surface area contributed by atoms with Gasteiger partial charge in [0, 0.05) is 25.4 Å². The Morgan fingerprint density at radius 2 is 2.17 bits per heavy atom. The predicted molar refractivity (Wildman–Crippen MR) is 87.5 cm³/mol. The van der Waals surface area contributed by atoms with Gasteiger partial charge < -0.3 is 5.11 Å². The molecule has 132 valence electrons. The summed E-state index contributed by atoms with van der Waals surface area (Å²) in [6, 6.07) is 1.10. The maximum Gasteiger partial charge on any atom is 0.258 e. The summed E-state index contributed by atoms with van der Waals surface area (Å²) in [5, 5.41) is 18.0. The highest BCUT2D eigenvalue weighted by Gasteiger charge is 2.38. The molecule has 0 aromatic carbocycles. The summed E-state index contributed by atoms with van der Waals surface area (Å²) in [5.41, 5.74) is 0.805. The molecule has 1 aliphatic carbocycles. The largest absolute Gasteiger partial charge is 0.393 e. The highest BCUT2D eigenvalue weighted by atomic mass is 32.2. The van der Waals surface area contributed by atoms with Gasteiger partial charge in [-0.2, -0.15) is 10.2 Å². The fourth-order valence-corrected chi connectivity index (χ4v) is 4.53. The minimum Gasteiger partial charge on any atom is -0.393 e. The van der Waals surface area contributed by atoms with Crippen molar-refractivity contribution in [1.29, 1.82) is 0 Å². The highest BCUT2D eigenvalue weighted by Crippen LogP contribution is 2.38. The maximum atomic E-state index is 12.8. The number of aliphatic hydroxyl groups is 1. The molecule has 2 aromatic heterocycles. The summed E-state index contributed by atoms with van der Waals surface area (Å²) < 4.78 is 31.6. The second-order valence-electron chi connectivity index (χ2n) is 6.32. The molecule has 3 rings (SSSR count). The predicted octanol–water partition coefficient (Wildman–Crippen LogP) is 0.817. The van der Waals surface area contributed by atoms with Crippen LogP contribution in [0.2, 0.25) is 0 Å². The number of rotatable bonds is 7. The van der Waals surface area contributed by atoms with Crippen molar-refractivity contribution in [3.05, 3.63) is 30.2 Å². The Kier molecular flexibility index (Phi) is 4.75. The number of hydrogen-bond donors (Lipinski definition) is 2. The Morgan fingerprint density at radius 1 is 1.42 bits per heavy atom. The molecule has 0 saturated heterocycles. The lowest BCUT2D eigenvalue weighted by atomic mass is 9.76. The second-order valence-corrected chi connectivity index (χ2v) is 7.99. The van der Waals surface area contributed by atoms with E-state index in [9.17, 15) is 13.5 Å². The van der Waals surface area contributed by atoms with Gasteiger partial charge in [-0.05, 0) is 31.2 Å². The lowest BCUT2D eigenvalue weighted by Crippen LogP contribution is -2.41. The molecule has 0 unspecified atom stereocenters. The van der Waals surface area contributed by atoms with Crippen molar-refractivity contribution in [2.45, 2.75) is 49.9 Å². The van der Waals surface area contributed by atoms with E-state index in [1.807, 2.05) is 6.92 Å². The number of aromatic nitrogens is 4. The normalized spacial score (nSPS) is 22.3. The van der Waals surface area contributed by atoms with Crippen LogP contribution in [-0.2, 0) is 23.6 Å². The highest BCUT2D eigenvalue weighted by molar-refractivity contribution is 7.89. The molecule has 0 amide bonds. The second kappa shape index (κ2) is 6.66. The molecule has 1 aliphatic rings. The van der Waals surface area contributed by atoms with Crippen LogP contribution in [0, 0.1) is 5.92 Å². The third-order valence-corrected chi connectivity index (χ3v) is 5.84. The Balaban J connectivity index is 1.87. The molecule has 0 spiro atoms. The zero-order valence-corrected chi connectivity index (χ0v) is 14.6. The van der Waals surface area contributed by atoms with Gasteiger partial charge in [-0.25, -0.2) is 13.1 Å². The Morgan fingerprint density at radius 3 is 2.75 bits per heavy atom. The Bertz CT molecular complexity index is 792. The molecule has 2 N–H and O–H groups in total. The monoisotopic (exact) mass is 353 g/mol. The molecule has 2 aromatic rings. The van der Waals surface area contributed by atoms with E-state index < -0.39 is 16.1 Å². The number of aliphatic hydroxyl groups excluding tert-OH is 1. The first-order valence-electron chi connectivity index (χ1n) is 8.11. The molecular formula is C15H23N5O3S. The van der Waals surface area contributed by atoms with Crippen LogP contribution in [0.15, 0.2) is 29.7 Å². The number of hydrogen-bond acceptors (Lipinski definition) is 5. The van der Waals surface area contributed by atoms with Gasteiger partial charge in [-0.3, -0.25) is 9.36 Å². The van der Waals surface area contributed by atoms with Crippen LogP contribution in [0.5, 0.6) is 0 Å². The van der Waals surface area contributed by atoms with Crippen molar-refractivity contribution in [2.75, 3.05) is 0 Å². The molecule has 8 nitrogen and oxygen atoms in total. The van der Waals surface area contributed by atoms with Crippen LogP contribution in [0.1, 0.15) is 37.8 Å². The molecule has 2 heterocycles. The van der Waals surface area contributed by atoms with Crippen LogP contribution in [0.25, 0.3) is 0 Å². The van der Waals surface area contributed by atoms with Gasteiger partial charge >= 0.3 is 0 Å². The van der Waals surface area contributed by atoms with E-state index in [2.05, 4.69) is 14.9 Å². The van der Waals surface area contributed by atoms with E-state index >= 15 is 0 Å². The third kappa shape index (κ3) is 3.38. The lowest BCUT2D eigenvalue weighted by Gasteiger charge is -2.37. The Labute approximate surface area is 141 Å². The molecule has 0 bridgehead atoms. The third-order valence-electron chi connectivity index (χ3n) is 4.38. The number of aryl methyl sites for hydroxylation is 2. The summed E-state index contributed by atoms with van der Waals surface area (Å²) in [6.45, 7) is 2.52. The van der Waals surface area contributed by atoms with Crippen LogP contribution in [0.3, 0.4) is 0 Å². The average molecular weight is 353 g/mol. The summed E-state index contributed by atoms with van der Waals surface area (Å²) in [7, 11) is -1.92. The summed E-state index contributed by atoms with van der Waals surface area (Å²) in [4.78, 5) is 0. The van der Waals surface area contributed by atoms with Crippen molar-refractivity contribution in [1.82, 2.24) is 24.3 Å². The minimum absolute atomic E-state index is 0.0570. The SMILES string of the molecule is CCCn1nccc1S(=O)(=O)N[C@H](c1cnn(C)c1)C1CC(O)C1. The van der Waals surface area contributed by atoms with E-state index in [4.69, 9.17) is 0 Å². The van der Waals surface area contributed by atoms with Gasteiger partial charge in [0.25, 0.3) is 10.0 Å². The van der Waals surface area contributed by atoms with Gasteiger partial charge in [-0.15, -0.1) is 0 Å². The molecule has 1 saturated carbocycles. The van der Waals surface area contributed by atoms with E-state index in [0.29, 0.717) is 19.4 Å². The first kappa shape index (κ1) is 17.1. The molecular weight excluding hydrogens is 330 g/mol. The van der Waals surface area contributed by atoms with Crippen molar-refractivity contribution in [2.24, 2.45) is 13.0 Å². The molecule has 24 heavy (non-hydrogen) atoms. The molecule has 1 atom stereocenters. The number of nitrogens with one attached hydrogen (secondary N) is 1. The van der Waals surface area contributed by atoms with E-state index in [1.165, 1.54) is 16.9 Å². The van der Waals surface area contributed by atoms with E-state index in [-0.39, 0.29) is 17.0 Å². The van der Waals surface area contributed by atoms with Gasteiger partial charge in [0.2, 0.25) is 0 Å². The zero-order chi connectivity index (χ0) is 17.3. The average Bonchev–Trinajstić information content (AvgIpc) is 3.11. The van der Waals surface area contributed by atoms with Gasteiger partial charge in [0.1, 0.15) is 0 Å². The van der Waals surface area contributed by atoms with Crippen molar-refractivity contribution >= 4 is 10.0 Å². The maximum absolute atomic E-state index is 12.8. The number of sulfonamides is 1. The van der Waals surface area contributed by atoms with Crippen molar-refractivity contribution < 1.29 is 13.5 Å².